The first-order chi connectivity index (χ1) is 6.84. The highest BCUT2D eigenvalue weighted by molar-refractivity contribution is 9.10. The highest BCUT2D eigenvalue weighted by Gasteiger charge is 2.24. The number of rotatable bonds is 1. The van der Waals surface area contributed by atoms with Gasteiger partial charge in [-0.25, -0.2) is 0 Å². The molecule has 1 atom stereocenters. The summed E-state index contributed by atoms with van der Waals surface area (Å²) < 4.78 is 11.7. The number of nitrogens with one attached hydrogen (secondary N) is 1. The minimum absolute atomic E-state index is 0.337. The van der Waals surface area contributed by atoms with Crippen molar-refractivity contribution in [3.8, 4) is 11.5 Å². The van der Waals surface area contributed by atoms with Gasteiger partial charge < -0.3 is 14.8 Å². The van der Waals surface area contributed by atoms with Crippen molar-refractivity contribution >= 4 is 15.9 Å². The maximum absolute atomic E-state index is 5.34. The van der Waals surface area contributed by atoms with Crippen LogP contribution in [-0.4, -0.2) is 13.3 Å². The summed E-state index contributed by atoms with van der Waals surface area (Å²) in [7, 11) is 0. The Balaban J connectivity index is 2.03. The lowest BCUT2D eigenvalue weighted by Gasteiger charge is -2.28. The van der Waals surface area contributed by atoms with Crippen molar-refractivity contribution in [3.63, 3.8) is 0 Å². The Bertz CT molecular complexity index is 377. The van der Waals surface area contributed by atoms with Crippen molar-refractivity contribution in [2.45, 2.75) is 12.5 Å². The molecule has 14 heavy (non-hydrogen) atoms. The number of hydrogen-bond donors (Lipinski definition) is 1. The lowest BCUT2D eigenvalue weighted by Crippen LogP contribution is -2.35. The van der Waals surface area contributed by atoms with Crippen LogP contribution in [0.4, 0.5) is 0 Å². The molecule has 0 spiro atoms. The summed E-state index contributed by atoms with van der Waals surface area (Å²) in [5, 5.41) is 3.37. The van der Waals surface area contributed by atoms with E-state index in [1.165, 1.54) is 12.0 Å². The zero-order valence-corrected chi connectivity index (χ0v) is 9.13. The molecule has 3 rings (SSSR count). The fraction of sp³-hybridized carbons (Fsp3) is 0.400. The largest absolute Gasteiger partial charge is 0.454 e. The van der Waals surface area contributed by atoms with Gasteiger partial charge in [-0.2, -0.15) is 0 Å². The second-order valence-electron chi connectivity index (χ2n) is 3.52. The van der Waals surface area contributed by atoms with Crippen LogP contribution < -0.4 is 14.8 Å². The molecule has 0 amide bonds. The minimum atomic E-state index is 0.337. The predicted molar refractivity (Wildman–Crippen MR) is 55.6 cm³/mol. The topological polar surface area (TPSA) is 30.5 Å². The Hall–Kier alpha value is -0.740. The molecule has 0 aromatic heterocycles. The normalized spacial score (nSPS) is 23.4. The molecule has 0 bridgehead atoms. The number of hydrogen-bond acceptors (Lipinski definition) is 3. The van der Waals surface area contributed by atoms with Crippen LogP contribution >= 0.6 is 15.9 Å². The number of benzene rings is 1. The molecule has 1 fully saturated rings. The molecule has 2 heterocycles. The van der Waals surface area contributed by atoms with Crippen LogP contribution in [0.25, 0.3) is 0 Å². The van der Waals surface area contributed by atoms with Crippen molar-refractivity contribution in [1.82, 2.24) is 5.32 Å². The van der Waals surface area contributed by atoms with Gasteiger partial charge in [0.15, 0.2) is 11.5 Å². The molecule has 2 aliphatic rings. The number of fused-ring (bicyclic) bond motifs is 1. The van der Waals surface area contributed by atoms with Crippen LogP contribution in [-0.2, 0) is 0 Å². The van der Waals surface area contributed by atoms with Crippen LogP contribution in [0.2, 0.25) is 0 Å². The predicted octanol–water partition coefficient (Wildman–Crippen LogP) is 2.21. The van der Waals surface area contributed by atoms with Crippen LogP contribution in [0.5, 0.6) is 11.5 Å². The molecule has 1 saturated heterocycles. The van der Waals surface area contributed by atoms with Gasteiger partial charge in [0, 0.05) is 10.5 Å². The summed E-state index contributed by atoms with van der Waals surface area (Å²) in [6.45, 7) is 1.44. The monoisotopic (exact) mass is 255 g/mol. The van der Waals surface area contributed by atoms with Gasteiger partial charge in [0.05, 0.1) is 0 Å². The zero-order valence-electron chi connectivity index (χ0n) is 7.55. The van der Waals surface area contributed by atoms with Crippen LogP contribution in [0.1, 0.15) is 18.0 Å². The van der Waals surface area contributed by atoms with E-state index in [-0.39, 0.29) is 0 Å². The van der Waals surface area contributed by atoms with E-state index >= 15 is 0 Å². The third-order valence-corrected chi connectivity index (χ3v) is 3.38. The van der Waals surface area contributed by atoms with Crippen LogP contribution in [0, 0.1) is 0 Å². The SMILES string of the molecule is Brc1cc2c(cc1[C@H]1CCN1)OCO2. The van der Waals surface area contributed by atoms with Crippen molar-refractivity contribution in [2.75, 3.05) is 13.3 Å². The van der Waals surface area contributed by atoms with E-state index in [9.17, 15) is 0 Å². The second-order valence-corrected chi connectivity index (χ2v) is 4.38. The average Bonchev–Trinajstić information content (AvgIpc) is 2.48. The van der Waals surface area contributed by atoms with E-state index in [1.54, 1.807) is 0 Å². The van der Waals surface area contributed by atoms with Crippen molar-refractivity contribution in [3.05, 3.63) is 22.2 Å². The summed E-state index contributed by atoms with van der Waals surface area (Å²) in [4.78, 5) is 0. The highest BCUT2D eigenvalue weighted by atomic mass is 79.9. The highest BCUT2D eigenvalue weighted by Crippen LogP contribution is 2.40. The molecule has 1 N–H and O–H groups in total. The van der Waals surface area contributed by atoms with Gasteiger partial charge in [-0.05, 0) is 30.7 Å². The second kappa shape index (κ2) is 3.14. The third-order valence-electron chi connectivity index (χ3n) is 2.69. The van der Waals surface area contributed by atoms with Crippen LogP contribution in [0.3, 0.4) is 0 Å². The summed E-state index contributed by atoms with van der Waals surface area (Å²) in [5.41, 5.74) is 1.26. The Kier molecular flexibility index (Phi) is 1.92. The van der Waals surface area contributed by atoms with Crippen molar-refractivity contribution in [2.24, 2.45) is 0 Å². The number of ether oxygens (including phenoxy) is 2. The molecule has 1 aromatic rings. The minimum Gasteiger partial charge on any atom is -0.454 e. The van der Waals surface area contributed by atoms with E-state index < -0.39 is 0 Å². The van der Waals surface area contributed by atoms with Crippen molar-refractivity contribution < 1.29 is 9.47 Å². The molecule has 0 aliphatic carbocycles. The lowest BCUT2D eigenvalue weighted by molar-refractivity contribution is 0.174. The van der Waals surface area contributed by atoms with Gasteiger partial charge in [0.2, 0.25) is 6.79 Å². The quantitative estimate of drug-likeness (QED) is 0.835. The number of halogens is 1. The Morgan fingerprint density at radius 2 is 2.00 bits per heavy atom. The van der Waals surface area contributed by atoms with Gasteiger partial charge in [0.25, 0.3) is 0 Å². The van der Waals surface area contributed by atoms with Gasteiger partial charge >= 0.3 is 0 Å². The molecule has 1 aromatic carbocycles. The fourth-order valence-corrected chi connectivity index (χ4v) is 2.35. The van der Waals surface area contributed by atoms with E-state index in [1.807, 2.05) is 6.07 Å². The molecule has 3 nitrogen and oxygen atoms in total. The molecular weight excluding hydrogens is 246 g/mol. The summed E-state index contributed by atoms with van der Waals surface area (Å²) in [6, 6.07) is 4.51. The van der Waals surface area contributed by atoms with E-state index in [2.05, 4.69) is 27.3 Å². The fourth-order valence-electron chi connectivity index (χ4n) is 1.75. The average molecular weight is 256 g/mol. The summed E-state index contributed by atoms with van der Waals surface area (Å²) in [5.74, 6) is 1.69. The van der Waals surface area contributed by atoms with Gasteiger partial charge in [0.1, 0.15) is 0 Å². The molecule has 4 heteroatoms. The first-order valence-corrected chi connectivity index (χ1v) is 5.46. The molecule has 0 radical (unpaired) electrons. The van der Waals surface area contributed by atoms with E-state index in [0.29, 0.717) is 12.8 Å². The van der Waals surface area contributed by atoms with Crippen LogP contribution in [0.15, 0.2) is 16.6 Å². The Labute approximate surface area is 90.5 Å². The maximum atomic E-state index is 5.34. The smallest absolute Gasteiger partial charge is 0.231 e. The summed E-state index contributed by atoms with van der Waals surface area (Å²) in [6.07, 6.45) is 1.19. The molecule has 0 unspecified atom stereocenters. The first kappa shape index (κ1) is 8.56. The molecule has 74 valence electrons. The maximum Gasteiger partial charge on any atom is 0.231 e. The van der Waals surface area contributed by atoms with Gasteiger partial charge in [-0.3, -0.25) is 0 Å². The lowest BCUT2D eigenvalue weighted by atomic mass is 9.98. The standard InChI is InChI=1S/C10H10BrNO2/c11-7-4-10-9(13-5-14-10)3-6(7)8-1-2-12-8/h3-4,8,12H,1-2,5H2/t8-/m1/s1. The van der Waals surface area contributed by atoms with Crippen molar-refractivity contribution in [1.29, 1.82) is 0 Å². The molecule has 2 aliphatic heterocycles. The van der Waals surface area contributed by atoms with Gasteiger partial charge in [-0.15, -0.1) is 0 Å². The zero-order chi connectivity index (χ0) is 9.54. The molecule has 0 saturated carbocycles. The molecular formula is C10H10BrNO2. The summed E-state index contributed by atoms with van der Waals surface area (Å²) >= 11 is 3.55. The van der Waals surface area contributed by atoms with E-state index in [4.69, 9.17) is 9.47 Å². The Morgan fingerprint density at radius 3 is 2.64 bits per heavy atom. The Morgan fingerprint density at radius 1 is 1.29 bits per heavy atom. The van der Waals surface area contributed by atoms with E-state index in [0.717, 1.165) is 22.5 Å². The first-order valence-electron chi connectivity index (χ1n) is 4.67. The van der Waals surface area contributed by atoms with Gasteiger partial charge in [-0.1, -0.05) is 15.9 Å². The third kappa shape index (κ3) is 1.21.